The van der Waals surface area contributed by atoms with Gasteiger partial charge in [0.25, 0.3) is 0 Å². The Kier molecular flexibility index (Phi) is 5.29. The van der Waals surface area contributed by atoms with Gasteiger partial charge in [-0.05, 0) is 43.0 Å². The lowest BCUT2D eigenvalue weighted by atomic mass is 9.84. The lowest BCUT2D eigenvalue weighted by Crippen LogP contribution is -2.55. The van der Waals surface area contributed by atoms with Gasteiger partial charge in [0.2, 0.25) is 5.91 Å². The van der Waals surface area contributed by atoms with Crippen LogP contribution < -0.4 is 10.2 Å². The van der Waals surface area contributed by atoms with Crippen molar-refractivity contribution in [1.82, 2.24) is 5.32 Å². The average Bonchev–Trinajstić information content (AvgIpc) is 3.18. The molecule has 1 N–H and O–H groups in total. The second-order valence-corrected chi connectivity index (χ2v) is 8.52. The van der Waals surface area contributed by atoms with E-state index in [-0.39, 0.29) is 24.0 Å². The second kappa shape index (κ2) is 7.54. The van der Waals surface area contributed by atoms with Crippen LogP contribution in [0.3, 0.4) is 0 Å². The Bertz CT molecular complexity index is 707. The summed E-state index contributed by atoms with van der Waals surface area (Å²) in [6.07, 6.45) is -2.03. The molecular weight excluding hydrogens is 377 g/mol. The highest BCUT2D eigenvalue weighted by Gasteiger charge is 2.41. The summed E-state index contributed by atoms with van der Waals surface area (Å²) in [7, 11) is 0. The molecule has 0 aromatic heterocycles. The van der Waals surface area contributed by atoms with Gasteiger partial charge in [0.15, 0.2) is 0 Å². The predicted octanol–water partition coefficient (Wildman–Crippen LogP) is 3.09. The van der Waals surface area contributed by atoms with E-state index in [0.717, 1.165) is 49.3 Å². The quantitative estimate of drug-likeness (QED) is 0.847. The maximum absolute atomic E-state index is 13.1. The highest BCUT2D eigenvalue weighted by molar-refractivity contribution is 7.99. The van der Waals surface area contributed by atoms with Crippen molar-refractivity contribution in [3.63, 3.8) is 0 Å². The molecule has 1 amide bonds. The minimum atomic E-state index is -4.37. The molecule has 3 atom stereocenters. The van der Waals surface area contributed by atoms with E-state index < -0.39 is 11.7 Å². The van der Waals surface area contributed by atoms with Crippen molar-refractivity contribution in [2.45, 2.75) is 37.6 Å². The Labute approximate surface area is 160 Å². The number of nitrogens with one attached hydrogen (secondary N) is 1. The molecule has 0 bridgehead atoms. The highest BCUT2D eigenvalue weighted by Crippen LogP contribution is 2.40. The number of ether oxygens (including phenoxy) is 1. The Balaban J connectivity index is 1.56. The molecule has 1 aromatic rings. The SMILES string of the molecule is O=C(NCC1CCCO1)C1Cc2cc(C(F)(F)F)ccc2N2CCSCC12. The predicted molar refractivity (Wildman–Crippen MR) is 99.1 cm³/mol. The van der Waals surface area contributed by atoms with Crippen molar-refractivity contribution in [2.24, 2.45) is 5.92 Å². The Morgan fingerprint density at radius 1 is 1.37 bits per heavy atom. The van der Waals surface area contributed by atoms with Gasteiger partial charge in [0.1, 0.15) is 0 Å². The largest absolute Gasteiger partial charge is 0.416 e. The number of rotatable bonds is 3. The number of hydrogen-bond donors (Lipinski definition) is 1. The van der Waals surface area contributed by atoms with E-state index in [1.54, 1.807) is 17.8 Å². The molecule has 8 heteroatoms. The van der Waals surface area contributed by atoms with Gasteiger partial charge in [-0.15, -0.1) is 0 Å². The first-order chi connectivity index (χ1) is 12.9. The first-order valence-corrected chi connectivity index (χ1v) is 10.5. The summed E-state index contributed by atoms with van der Waals surface area (Å²) in [6.45, 7) is 1.96. The minimum absolute atomic E-state index is 0.0254. The summed E-state index contributed by atoms with van der Waals surface area (Å²) in [5.74, 6) is 1.32. The van der Waals surface area contributed by atoms with Crippen molar-refractivity contribution in [1.29, 1.82) is 0 Å². The van der Waals surface area contributed by atoms with E-state index in [0.29, 0.717) is 18.5 Å². The third kappa shape index (κ3) is 3.92. The number of carbonyl (C=O) groups is 1. The maximum Gasteiger partial charge on any atom is 0.416 e. The summed E-state index contributed by atoms with van der Waals surface area (Å²) in [5, 5.41) is 2.98. The normalized spacial score (nSPS) is 27.8. The van der Waals surface area contributed by atoms with E-state index in [4.69, 9.17) is 4.74 Å². The number of hydrogen-bond acceptors (Lipinski definition) is 4. The zero-order valence-electron chi connectivity index (χ0n) is 14.9. The van der Waals surface area contributed by atoms with Crippen LogP contribution in [0.15, 0.2) is 18.2 Å². The molecule has 4 nitrogen and oxygen atoms in total. The van der Waals surface area contributed by atoms with Crippen LogP contribution in [0.1, 0.15) is 24.0 Å². The van der Waals surface area contributed by atoms with Crippen LogP contribution in [0.4, 0.5) is 18.9 Å². The molecule has 148 valence electrons. The van der Waals surface area contributed by atoms with E-state index in [9.17, 15) is 18.0 Å². The topological polar surface area (TPSA) is 41.6 Å². The molecule has 0 spiro atoms. The molecule has 3 unspecified atom stereocenters. The van der Waals surface area contributed by atoms with Crippen LogP contribution in [-0.4, -0.2) is 49.3 Å². The molecule has 2 fully saturated rings. The third-order valence-electron chi connectivity index (χ3n) is 5.65. The summed E-state index contributed by atoms with van der Waals surface area (Å²) in [4.78, 5) is 15.0. The van der Waals surface area contributed by atoms with Gasteiger partial charge in [0.05, 0.1) is 17.6 Å². The fourth-order valence-electron chi connectivity index (χ4n) is 4.25. The summed E-state index contributed by atoms with van der Waals surface area (Å²) in [5.41, 5.74) is 0.811. The minimum Gasteiger partial charge on any atom is -0.376 e. The van der Waals surface area contributed by atoms with E-state index in [1.807, 2.05) is 0 Å². The van der Waals surface area contributed by atoms with E-state index >= 15 is 0 Å². The Morgan fingerprint density at radius 3 is 2.96 bits per heavy atom. The van der Waals surface area contributed by atoms with Crippen molar-refractivity contribution in [3.8, 4) is 0 Å². The van der Waals surface area contributed by atoms with Gasteiger partial charge in [-0.2, -0.15) is 24.9 Å². The number of thioether (sulfide) groups is 1. The van der Waals surface area contributed by atoms with Crippen molar-refractivity contribution in [3.05, 3.63) is 29.3 Å². The molecule has 3 aliphatic heterocycles. The third-order valence-corrected chi connectivity index (χ3v) is 6.70. The zero-order chi connectivity index (χ0) is 19.0. The Hall–Kier alpha value is -1.41. The van der Waals surface area contributed by atoms with Crippen LogP contribution >= 0.6 is 11.8 Å². The van der Waals surface area contributed by atoms with Gasteiger partial charge in [-0.25, -0.2) is 0 Å². The molecule has 3 aliphatic rings. The Morgan fingerprint density at radius 2 is 2.22 bits per heavy atom. The van der Waals surface area contributed by atoms with Gasteiger partial charge in [0, 0.05) is 42.9 Å². The zero-order valence-corrected chi connectivity index (χ0v) is 15.7. The lowest BCUT2D eigenvalue weighted by molar-refractivity contribution is -0.137. The van der Waals surface area contributed by atoms with Crippen LogP contribution in [0.25, 0.3) is 0 Å². The van der Waals surface area contributed by atoms with Gasteiger partial charge in [-0.1, -0.05) is 0 Å². The number of benzene rings is 1. The summed E-state index contributed by atoms with van der Waals surface area (Å²) < 4.78 is 44.9. The molecule has 2 saturated heterocycles. The molecule has 27 heavy (non-hydrogen) atoms. The number of fused-ring (bicyclic) bond motifs is 3. The first kappa shape index (κ1) is 18.9. The lowest BCUT2D eigenvalue weighted by Gasteiger charge is -2.45. The number of halogens is 3. The molecule has 3 heterocycles. The fraction of sp³-hybridized carbons (Fsp3) is 0.632. The molecule has 0 saturated carbocycles. The number of alkyl halides is 3. The second-order valence-electron chi connectivity index (χ2n) is 7.37. The van der Waals surface area contributed by atoms with Gasteiger partial charge in [-0.3, -0.25) is 4.79 Å². The van der Waals surface area contributed by atoms with Crippen LogP contribution in [0, 0.1) is 5.92 Å². The summed E-state index contributed by atoms with van der Waals surface area (Å²) in [6, 6.07) is 3.96. The average molecular weight is 400 g/mol. The van der Waals surface area contributed by atoms with Crippen molar-refractivity contribution >= 4 is 23.4 Å². The highest BCUT2D eigenvalue weighted by atomic mass is 32.2. The van der Waals surface area contributed by atoms with E-state index in [1.165, 1.54) is 6.07 Å². The number of nitrogens with zero attached hydrogens (tertiary/aromatic N) is 1. The van der Waals surface area contributed by atoms with Gasteiger partial charge < -0.3 is 15.0 Å². The fourth-order valence-corrected chi connectivity index (χ4v) is 5.40. The van der Waals surface area contributed by atoms with Gasteiger partial charge >= 0.3 is 6.18 Å². The van der Waals surface area contributed by atoms with Crippen molar-refractivity contribution in [2.75, 3.05) is 36.1 Å². The smallest absolute Gasteiger partial charge is 0.376 e. The van der Waals surface area contributed by atoms with Crippen LogP contribution in [0.2, 0.25) is 0 Å². The first-order valence-electron chi connectivity index (χ1n) is 9.37. The number of anilines is 1. The van der Waals surface area contributed by atoms with E-state index in [2.05, 4.69) is 10.2 Å². The summed E-state index contributed by atoms with van der Waals surface area (Å²) >= 11 is 1.80. The van der Waals surface area contributed by atoms with Crippen LogP contribution in [0.5, 0.6) is 0 Å². The molecule has 0 aliphatic carbocycles. The number of carbonyl (C=O) groups excluding carboxylic acids is 1. The molecule has 4 rings (SSSR count). The molecule has 1 aromatic carbocycles. The number of amides is 1. The maximum atomic E-state index is 13.1. The molecule has 0 radical (unpaired) electrons. The van der Waals surface area contributed by atoms with Crippen molar-refractivity contribution < 1.29 is 22.7 Å². The monoisotopic (exact) mass is 400 g/mol. The molecular formula is C19H23F3N2O2S. The van der Waals surface area contributed by atoms with Crippen LogP contribution in [-0.2, 0) is 22.1 Å². The standard InChI is InChI=1S/C19H23F3N2O2S/c20-19(21,22)13-3-4-16-12(8-13)9-15(17-11-27-7-5-24(16)17)18(25)23-10-14-2-1-6-26-14/h3-4,8,14-15,17H,1-2,5-7,9-11H2,(H,23,25).